The predicted octanol–water partition coefficient (Wildman–Crippen LogP) is 0.251. The van der Waals surface area contributed by atoms with Crippen molar-refractivity contribution in [3.8, 4) is 0 Å². The van der Waals surface area contributed by atoms with Crippen LogP contribution in [0.2, 0.25) is 0 Å². The van der Waals surface area contributed by atoms with Gasteiger partial charge in [0.2, 0.25) is 0 Å². The highest BCUT2D eigenvalue weighted by Gasteiger charge is 2.54. The van der Waals surface area contributed by atoms with Crippen molar-refractivity contribution in [1.82, 2.24) is 20.5 Å². The molecular weight excluding hydrogens is 476 g/mol. The number of fused-ring (bicyclic) bond motifs is 1. The van der Waals surface area contributed by atoms with Gasteiger partial charge in [-0.1, -0.05) is 5.16 Å². The van der Waals surface area contributed by atoms with Crippen molar-refractivity contribution in [3.05, 3.63) is 33.8 Å². The molecule has 1 aromatic heterocycles. The minimum absolute atomic E-state index is 0.0750. The van der Waals surface area contributed by atoms with Crippen molar-refractivity contribution in [3.63, 3.8) is 0 Å². The summed E-state index contributed by atoms with van der Waals surface area (Å²) in [6.07, 6.45) is 2.80. The van der Waals surface area contributed by atoms with Crippen LogP contribution in [0.1, 0.15) is 12.1 Å². The van der Waals surface area contributed by atoms with Crippen molar-refractivity contribution in [1.29, 1.82) is 0 Å². The van der Waals surface area contributed by atoms with Gasteiger partial charge in [-0.05, 0) is 30.0 Å². The maximum absolute atomic E-state index is 12.8. The summed E-state index contributed by atoms with van der Waals surface area (Å²) < 4.78 is 0. The SMILES string of the molecule is Nc1nc(C(=NO)C(=O)N[C@@H]2C(=O)N3C(C(=O)O)=C(/C=C/S[C@H]4CCNC4)CS[C@H]23)cs1. The van der Waals surface area contributed by atoms with Crippen LogP contribution in [0.4, 0.5) is 5.13 Å². The van der Waals surface area contributed by atoms with E-state index in [1.165, 1.54) is 22.0 Å². The zero-order valence-corrected chi connectivity index (χ0v) is 19.0. The number of carboxylic acid groups (broad SMARTS) is 1. The molecular formula is C18H20N6O5S3. The molecule has 6 N–H and O–H groups in total. The average molecular weight is 497 g/mol. The largest absolute Gasteiger partial charge is 0.477 e. The second-order valence-corrected chi connectivity index (χ2v) is 10.3. The van der Waals surface area contributed by atoms with Crippen LogP contribution in [0, 0.1) is 0 Å². The third-order valence-electron chi connectivity index (χ3n) is 5.12. The molecule has 0 unspecified atom stereocenters. The fraction of sp³-hybridized carbons (Fsp3) is 0.389. The second-order valence-electron chi connectivity index (χ2n) is 7.11. The molecule has 0 saturated carbocycles. The van der Waals surface area contributed by atoms with Gasteiger partial charge in [0.05, 0.1) is 0 Å². The van der Waals surface area contributed by atoms with Crippen LogP contribution < -0.4 is 16.4 Å². The van der Waals surface area contributed by atoms with E-state index in [9.17, 15) is 24.7 Å². The number of amides is 2. The molecule has 3 aliphatic heterocycles. The molecule has 2 amide bonds. The normalized spacial score (nSPS) is 25.8. The number of carbonyl (C=O) groups is 3. The summed E-state index contributed by atoms with van der Waals surface area (Å²) >= 11 is 4.07. The smallest absolute Gasteiger partial charge is 0.352 e. The Morgan fingerprint density at radius 1 is 1.47 bits per heavy atom. The first kappa shape index (κ1) is 22.6. The summed E-state index contributed by atoms with van der Waals surface area (Å²) in [5, 5.41) is 31.1. The maximum atomic E-state index is 12.8. The van der Waals surface area contributed by atoms with Crippen molar-refractivity contribution >= 4 is 63.5 Å². The van der Waals surface area contributed by atoms with Gasteiger partial charge in [-0.3, -0.25) is 14.5 Å². The minimum Gasteiger partial charge on any atom is -0.477 e. The van der Waals surface area contributed by atoms with Crippen LogP contribution in [0.25, 0.3) is 0 Å². The van der Waals surface area contributed by atoms with Gasteiger partial charge in [0, 0.05) is 22.9 Å². The van der Waals surface area contributed by atoms with Gasteiger partial charge in [-0.15, -0.1) is 34.9 Å². The summed E-state index contributed by atoms with van der Waals surface area (Å²) in [5.74, 6) is -2.16. The minimum atomic E-state index is -1.20. The van der Waals surface area contributed by atoms with E-state index in [1.807, 2.05) is 5.41 Å². The summed E-state index contributed by atoms with van der Waals surface area (Å²) in [7, 11) is 0. The highest BCUT2D eigenvalue weighted by Crippen LogP contribution is 2.41. The zero-order valence-electron chi connectivity index (χ0n) is 16.6. The Bertz CT molecular complexity index is 1030. The van der Waals surface area contributed by atoms with Gasteiger partial charge in [-0.25, -0.2) is 9.78 Å². The van der Waals surface area contributed by atoms with Crippen LogP contribution >= 0.6 is 34.9 Å². The van der Waals surface area contributed by atoms with Gasteiger partial charge in [0.25, 0.3) is 11.8 Å². The molecule has 0 aliphatic carbocycles. The van der Waals surface area contributed by atoms with E-state index in [-0.39, 0.29) is 22.2 Å². The van der Waals surface area contributed by atoms with Gasteiger partial charge < -0.3 is 26.7 Å². The number of hydrogen-bond donors (Lipinski definition) is 5. The summed E-state index contributed by atoms with van der Waals surface area (Å²) in [6.45, 7) is 1.88. The van der Waals surface area contributed by atoms with E-state index in [0.29, 0.717) is 16.6 Å². The van der Waals surface area contributed by atoms with E-state index in [1.54, 1.807) is 17.8 Å². The molecule has 32 heavy (non-hydrogen) atoms. The number of hydrogen-bond acceptors (Lipinski definition) is 11. The number of aliphatic carboxylic acids is 1. The summed E-state index contributed by atoms with van der Waals surface area (Å²) in [5.41, 5.74) is 5.73. The second kappa shape index (κ2) is 9.52. The Labute approximate surface area is 195 Å². The molecule has 0 spiro atoms. The first-order chi connectivity index (χ1) is 15.4. The molecule has 14 heteroatoms. The average Bonchev–Trinajstić information content (AvgIpc) is 3.44. The zero-order chi connectivity index (χ0) is 22.8. The highest BCUT2D eigenvalue weighted by atomic mass is 32.2. The van der Waals surface area contributed by atoms with E-state index < -0.39 is 29.2 Å². The first-order valence-corrected chi connectivity index (χ1v) is 12.5. The van der Waals surface area contributed by atoms with E-state index in [4.69, 9.17) is 5.73 Å². The molecule has 3 atom stereocenters. The van der Waals surface area contributed by atoms with Crippen LogP contribution in [0.5, 0.6) is 0 Å². The standard InChI is InChI=1S/C18H20N6O5S3/c19-18-21-10(7-32-18)11(23-29)14(25)22-12-15(26)24-13(17(27)28)8(6-31-16(12)24)2-4-30-9-1-3-20-5-9/h2,4,7,9,12,16,20,29H,1,3,5-6H2,(H2,19,21)(H,22,25)(H,27,28)/b4-2+,23-11?/t9-,12+,16+/m0/s1. The molecule has 1 aromatic rings. The van der Waals surface area contributed by atoms with E-state index >= 15 is 0 Å². The van der Waals surface area contributed by atoms with Crippen LogP contribution in [-0.2, 0) is 14.4 Å². The first-order valence-electron chi connectivity index (χ1n) is 9.59. The topological polar surface area (TPSA) is 170 Å². The van der Waals surface area contributed by atoms with Crippen molar-refractivity contribution in [2.75, 3.05) is 24.6 Å². The van der Waals surface area contributed by atoms with Gasteiger partial charge in [0.1, 0.15) is 22.8 Å². The highest BCUT2D eigenvalue weighted by molar-refractivity contribution is 8.02. The lowest BCUT2D eigenvalue weighted by Gasteiger charge is -2.49. The molecule has 3 aliphatic rings. The number of thiazole rings is 1. The molecule has 11 nitrogen and oxygen atoms in total. The van der Waals surface area contributed by atoms with Crippen molar-refractivity contribution in [2.45, 2.75) is 23.1 Å². The number of carboxylic acids is 1. The van der Waals surface area contributed by atoms with Gasteiger partial charge in [-0.2, -0.15) is 0 Å². The number of aromatic nitrogens is 1. The quantitative estimate of drug-likeness (QED) is 0.153. The van der Waals surface area contributed by atoms with E-state index in [0.717, 1.165) is 30.8 Å². The fourth-order valence-electron chi connectivity index (χ4n) is 3.57. The number of carbonyl (C=O) groups excluding carboxylic acids is 2. The van der Waals surface area contributed by atoms with Crippen LogP contribution in [-0.4, -0.2) is 79.2 Å². The Morgan fingerprint density at radius 2 is 2.28 bits per heavy atom. The van der Waals surface area contributed by atoms with Crippen molar-refractivity contribution in [2.24, 2.45) is 5.16 Å². The van der Waals surface area contributed by atoms with Crippen LogP contribution in [0.3, 0.4) is 0 Å². The number of oxime groups is 1. The number of thioether (sulfide) groups is 2. The lowest BCUT2D eigenvalue weighted by molar-refractivity contribution is -0.150. The number of nitrogens with zero attached hydrogens (tertiary/aromatic N) is 3. The van der Waals surface area contributed by atoms with Crippen LogP contribution in [0.15, 0.2) is 33.3 Å². The maximum Gasteiger partial charge on any atom is 0.352 e. The molecule has 0 aromatic carbocycles. The molecule has 0 bridgehead atoms. The van der Waals surface area contributed by atoms with Crippen molar-refractivity contribution < 1.29 is 24.7 Å². The van der Waals surface area contributed by atoms with E-state index in [2.05, 4.69) is 20.8 Å². The number of nitrogens with one attached hydrogen (secondary N) is 2. The summed E-state index contributed by atoms with van der Waals surface area (Å²) in [6, 6.07) is -0.945. The Balaban J connectivity index is 1.46. The third kappa shape index (κ3) is 4.35. The Hall–Kier alpha value is -2.55. The Kier molecular flexibility index (Phi) is 6.74. The monoisotopic (exact) mass is 496 g/mol. The lowest BCUT2D eigenvalue weighted by atomic mass is 10.0. The fourth-order valence-corrected chi connectivity index (χ4v) is 6.37. The molecule has 2 saturated heterocycles. The number of allylic oxidation sites excluding steroid dienone is 1. The number of β-lactam (4-membered cyclic amide) rings is 1. The number of anilines is 1. The molecule has 2 fully saturated rings. The van der Waals surface area contributed by atoms with Gasteiger partial charge in [0.15, 0.2) is 10.8 Å². The molecule has 4 heterocycles. The van der Waals surface area contributed by atoms with Gasteiger partial charge >= 0.3 is 5.97 Å². The summed E-state index contributed by atoms with van der Waals surface area (Å²) in [4.78, 5) is 42.3. The molecule has 170 valence electrons. The molecule has 4 rings (SSSR count). The lowest BCUT2D eigenvalue weighted by Crippen LogP contribution is -2.71. The predicted molar refractivity (Wildman–Crippen MR) is 123 cm³/mol. The third-order valence-corrected chi connectivity index (χ3v) is 8.18. The number of nitrogen functional groups attached to an aromatic ring is 1. The number of rotatable bonds is 7. The molecule has 0 radical (unpaired) electrons. The Morgan fingerprint density at radius 3 is 2.91 bits per heavy atom. The number of nitrogens with two attached hydrogens (primary N) is 1.